The van der Waals surface area contributed by atoms with Crippen molar-refractivity contribution in [3.05, 3.63) is 24.4 Å². The highest BCUT2D eigenvalue weighted by Crippen LogP contribution is 2.22. The van der Waals surface area contributed by atoms with Gasteiger partial charge in [0.1, 0.15) is 5.03 Å². The summed E-state index contributed by atoms with van der Waals surface area (Å²) in [5.41, 5.74) is 0. The lowest BCUT2D eigenvalue weighted by Crippen LogP contribution is -1.99. The summed E-state index contributed by atoms with van der Waals surface area (Å²) in [5, 5.41) is 2.32. The fourth-order valence-corrected chi connectivity index (χ4v) is 2.54. The van der Waals surface area contributed by atoms with E-state index in [1.54, 1.807) is 11.8 Å². The van der Waals surface area contributed by atoms with E-state index in [-0.39, 0.29) is 0 Å². The summed E-state index contributed by atoms with van der Waals surface area (Å²) in [6, 6.07) is 6.02. The second-order valence-corrected chi connectivity index (χ2v) is 4.80. The minimum absolute atomic E-state index is 0.995. The van der Waals surface area contributed by atoms with Crippen LogP contribution in [0.4, 0.5) is 0 Å². The summed E-state index contributed by atoms with van der Waals surface area (Å²) < 4.78 is 0. The zero-order chi connectivity index (χ0) is 10.3. The van der Waals surface area contributed by atoms with Gasteiger partial charge in [-0.2, -0.15) is 0 Å². The average molecular weight is 220 g/mol. The van der Waals surface area contributed by atoms with Crippen molar-refractivity contribution >= 4 is 16.8 Å². The van der Waals surface area contributed by atoms with Crippen LogP contribution in [0.25, 0.3) is 0 Å². The van der Waals surface area contributed by atoms with Gasteiger partial charge in [0.15, 0.2) is 0 Å². The molecule has 1 aliphatic heterocycles. The maximum atomic E-state index is 4.62. The molecule has 0 aliphatic carbocycles. The molecule has 1 aliphatic rings. The van der Waals surface area contributed by atoms with E-state index in [4.69, 9.17) is 0 Å². The molecule has 0 saturated carbocycles. The molecular weight excluding hydrogens is 204 g/mol. The first kappa shape index (κ1) is 10.7. The van der Waals surface area contributed by atoms with Gasteiger partial charge >= 0.3 is 0 Å². The van der Waals surface area contributed by atoms with E-state index >= 15 is 0 Å². The van der Waals surface area contributed by atoms with Gasteiger partial charge < -0.3 is 0 Å². The largest absolute Gasteiger partial charge is 0.283 e. The lowest BCUT2D eigenvalue weighted by molar-refractivity contribution is 0.647. The van der Waals surface area contributed by atoms with Crippen LogP contribution in [-0.4, -0.2) is 16.6 Å². The third-order valence-electron chi connectivity index (χ3n) is 2.45. The van der Waals surface area contributed by atoms with Gasteiger partial charge in [0.05, 0.1) is 5.04 Å². The number of aliphatic imine (C=N–C) groups is 1. The Labute approximate surface area is 95.2 Å². The van der Waals surface area contributed by atoms with Crippen LogP contribution in [0.15, 0.2) is 34.4 Å². The molecule has 0 unspecified atom stereocenters. The summed E-state index contributed by atoms with van der Waals surface area (Å²) in [5.74, 6) is 0. The van der Waals surface area contributed by atoms with E-state index in [0.29, 0.717) is 0 Å². The number of hydrogen-bond acceptors (Lipinski definition) is 3. The van der Waals surface area contributed by atoms with Crippen LogP contribution in [0.2, 0.25) is 0 Å². The number of rotatable bonds is 1. The predicted octanol–water partition coefficient (Wildman–Crippen LogP) is 3.54. The second kappa shape index (κ2) is 5.91. The van der Waals surface area contributed by atoms with Crippen molar-refractivity contribution in [2.45, 2.75) is 37.1 Å². The lowest BCUT2D eigenvalue weighted by Gasteiger charge is -2.09. The Bertz CT molecular complexity index is 322. The van der Waals surface area contributed by atoms with Crippen molar-refractivity contribution in [2.24, 2.45) is 4.99 Å². The summed E-state index contributed by atoms with van der Waals surface area (Å²) >= 11 is 1.73. The molecular formula is C12H16N2S. The fourth-order valence-electron chi connectivity index (χ4n) is 1.64. The Morgan fingerprint density at radius 2 is 2.00 bits per heavy atom. The highest BCUT2D eigenvalue weighted by atomic mass is 32.2. The Kier molecular flexibility index (Phi) is 4.21. The summed E-state index contributed by atoms with van der Waals surface area (Å²) in [6.45, 7) is 0.995. The van der Waals surface area contributed by atoms with E-state index in [1.807, 2.05) is 24.4 Å². The van der Waals surface area contributed by atoms with Gasteiger partial charge in [-0.05, 0) is 31.4 Å². The molecule has 15 heavy (non-hydrogen) atoms. The molecule has 0 N–H and O–H groups in total. The molecule has 0 aromatic carbocycles. The van der Waals surface area contributed by atoms with Crippen LogP contribution in [0.5, 0.6) is 0 Å². The third-order valence-corrected chi connectivity index (χ3v) is 3.47. The van der Waals surface area contributed by atoms with Gasteiger partial charge in [-0.1, -0.05) is 30.7 Å². The van der Waals surface area contributed by atoms with E-state index in [0.717, 1.165) is 18.0 Å². The maximum absolute atomic E-state index is 4.62. The molecule has 2 nitrogen and oxygen atoms in total. The monoisotopic (exact) mass is 220 g/mol. The van der Waals surface area contributed by atoms with Gasteiger partial charge in [0.2, 0.25) is 0 Å². The van der Waals surface area contributed by atoms with Gasteiger partial charge in [-0.25, -0.2) is 4.98 Å². The quantitative estimate of drug-likeness (QED) is 0.723. The molecule has 2 heterocycles. The molecule has 1 aromatic rings. The first-order chi connectivity index (χ1) is 7.45. The topological polar surface area (TPSA) is 25.2 Å². The van der Waals surface area contributed by atoms with Crippen molar-refractivity contribution in [1.82, 2.24) is 4.98 Å². The van der Waals surface area contributed by atoms with Crippen molar-refractivity contribution in [2.75, 3.05) is 6.54 Å². The van der Waals surface area contributed by atoms with Crippen molar-refractivity contribution < 1.29 is 0 Å². The van der Waals surface area contributed by atoms with Crippen LogP contribution >= 0.6 is 11.8 Å². The molecule has 0 atom stereocenters. The molecule has 0 spiro atoms. The van der Waals surface area contributed by atoms with Crippen molar-refractivity contribution in [3.8, 4) is 0 Å². The Morgan fingerprint density at radius 1 is 1.07 bits per heavy atom. The lowest BCUT2D eigenvalue weighted by atomic mass is 10.1. The molecule has 1 aromatic heterocycles. The van der Waals surface area contributed by atoms with E-state index in [1.165, 1.54) is 30.7 Å². The van der Waals surface area contributed by atoms with E-state index in [2.05, 4.69) is 9.98 Å². The molecule has 0 amide bonds. The van der Waals surface area contributed by atoms with Crippen LogP contribution in [-0.2, 0) is 0 Å². The van der Waals surface area contributed by atoms with Crippen molar-refractivity contribution in [3.63, 3.8) is 0 Å². The number of aromatic nitrogens is 1. The first-order valence-corrected chi connectivity index (χ1v) is 6.39. The highest BCUT2D eigenvalue weighted by Gasteiger charge is 2.05. The summed E-state index contributed by atoms with van der Waals surface area (Å²) in [4.78, 5) is 8.93. The van der Waals surface area contributed by atoms with Gasteiger partial charge in [0.25, 0.3) is 0 Å². The van der Waals surface area contributed by atoms with Crippen LogP contribution in [0.1, 0.15) is 32.1 Å². The molecule has 0 fully saturated rings. The fraction of sp³-hybridized carbons (Fsp3) is 0.500. The third kappa shape index (κ3) is 3.67. The minimum atomic E-state index is 0.995. The van der Waals surface area contributed by atoms with Crippen LogP contribution in [0.3, 0.4) is 0 Å². The molecule has 80 valence electrons. The zero-order valence-corrected chi connectivity index (χ0v) is 9.67. The summed E-state index contributed by atoms with van der Waals surface area (Å²) in [7, 11) is 0. The number of hydrogen-bond donors (Lipinski definition) is 0. The van der Waals surface area contributed by atoms with Gasteiger partial charge in [0, 0.05) is 12.7 Å². The number of nitrogens with zero attached hydrogens (tertiary/aromatic N) is 2. The maximum Gasteiger partial charge on any atom is 0.102 e. The highest BCUT2D eigenvalue weighted by molar-refractivity contribution is 8.13. The molecule has 0 radical (unpaired) electrons. The van der Waals surface area contributed by atoms with Crippen molar-refractivity contribution in [1.29, 1.82) is 0 Å². The molecule has 3 heteroatoms. The predicted molar refractivity (Wildman–Crippen MR) is 65.5 cm³/mol. The Morgan fingerprint density at radius 3 is 2.87 bits per heavy atom. The normalized spacial score (nSPS) is 17.7. The molecule has 0 bridgehead atoms. The second-order valence-electron chi connectivity index (χ2n) is 3.71. The number of thioether (sulfide) groups is 1. The standard InChI is InChI=1S/C12H16N2S/c1-2-5-9-13-11(7-3-1)15-12-8-4-6-10-14-12/h4,6,8,10H,1-3,5,7,9H2. The van der Waals surface area contributed by atoms with Gasteiger partial charge in [-0.15, -0.1) is 0 Å². The Balaban J connectivity index is 1.97. The van der Waals surface area contributed by atoms with Crippen LogP contribution < -0.4 is 0 Å². The Hall–Kier alpha value is -0.830. The average Bonchev–Trinajstić information content (AvgIpc) is 2.23. The number of pyridine rings is 1. The minimum Gasteiger partial charge on any atom is -0.283 e. The van der Waals surface area contributed by atoms with Crippen LogP contribution in [0, 0.1) is 0 Å². The molecule has 0 saturated heterocycles. The zero-order valence-electron chi connectivity index (χ0n) is 8.85. The van der Waals surface area contributed by atoms with Gasteiger partial charge in [-0.3, -0.25) is 4.99 Å². The van der Waals surface area contributed by atoms with E-state index < -0.39 is 0 Å². The molecule has 2 rings (SSSR count). The first-order valence-electron chi connectivity index (χ1n) is 5.57. The SMILES string of the molecule is c1ccc(SC2=NCCCCCC2)nc1. The van der Waals surface area contributed by atoms with E-state index in [9.17, 15) is 0 Å². The smallest absolute Gasteiger partial charge is 0.102 e. The summed E-state index contributed by atoms with van der Waals surface area (Å²) in [6.07, 6.45) is 8.17.